The molecular weight excluding hydrogens is 576 g/mol. The van der Waals surface area contributed by atoms with E-state index in [-0.39, 0.29) is 34.9 Å². The maximum Gasteiger partial charge on any atom is 0.424 e. The highest BCUT2D eigenvalue weighted by Gasteiger charge is 2.57. The average molecular weight is 601 g/mol. The molecule has 4 N–H and O–H groups in total. The zero-order valence-electron chi connectivity index (χ0n) is 22.3. The normalized spacial score (nSPS) is 17.7. The molecule has 1 aliphatic rings. The fraction of sp³-hybridized carbons (Fsp3) is 0.241. The van der Waals surface area contributed by atoms with Gasteiger partial charge < -0.3 is 20.9 Å². The van der Waals surface area contributed by atoms with Crippen LogP contribution in [0.2, 0.25) is 0 Å². The van der Waals surface area contributed by atoms with Crippen molar-refractivity contribution in [1.29, 1.82) is 0 Å². The third-order valence-electron chi connectivity index (χ3n) is 7.16. The highest BCUT2D eigenvalue weighted by Crippen LogP contribution is 2.47. The monoisotopic (exact) mass is 600 g/mol. The number of aliphatic hydroxyl groups is 1. The molecule has 13 heteroatoms. The van der Waals surface area contributed by atoms with Gasteiger partial charge in [-0.15, -0.1) is 11.3 Å². The van der Waals surface area contributed by atoms with Crippen molar-refractivity contribution in [2.75, 3.05) is 13.2 Å². The second kappa shape index (κ2) is 10.5. The first-order valence-electron chi connectivity index (χ1n) is 12.6. The minimum Gasteiger partial charge on any atom is -0.489 e. The second-order valence-corrected chi connectivity index (χ2v) is 11.3. The van der Waals surface area contributed by atoms with Crippen LogP contribution in [0.25, 0.3) is 21.8 Å². The van der Waals surface area contributed by atoms with Gasteiger partial charge in [0.2, 0.25) is 11.5 Å². The molecule has 0 spiro atoms. The molecule has 218 valence electrons. The largest absolute Gasteiger partial charge is 0.489 e. The van der Waals surface area contributed by atoms with Gasteiger partial charge >= 0.3 is 6.18 Å². The van der Waals surface area contributed by atoms with Crippen molar-refractivity contribution in [2.24, 2.45) is 5.73 Å². The number of carbonyl (C=O) groups excluding carboxylic acids is 2. The lowest BCUT2D eigenvalue weighted by atomic mass is 9.81. The number of aryl methyl sites for hydroxylation is 1. The number of carbonyl (C=O) groups is 2. The predicted octanol–water partition coefficient (Wildman–Crippen LogP) is 4.63. The molecule has 2 aromatic carbocycles. The summed E-state index contributed by atoms with van der Waals surface area (Å²) in [5.41, 5.74) is 0.0265. The van der Waals surface area contributed by atoms with Gasteiger partial charge in [-0.25, -0.2) is 14.4 Å². The molecule has 5 rings (SSSR count). The predicted molar refractivity (Wildman–Crippen MR) is 146 cm³/mol. The molecule has 2 atom stereocenters. The summed E-state index contributed by atoms with van der Waals surface area (Å²) in [6, 6.07) is 14.5. The summed E-state index contributed by atoms with van der Waals surface area (Å²) < 4.78 is 63.1. The maximum atomic E-state index is 14.6. The highest BCUT2D eigenvalue weighted by molar-refractivity contribution is 7.15. The fourth-order valence-electron chi connectivity index (χ4n) is 4.54. The van der Waals surface area contributed by atoms with Crippen LogP contribution in [-0.4, -0.2) is 46.2 Å². The number of pyridine rings is 1. The van der Waals surface area contributed by atoms with Gasteiger partial charge in [-0.1, -0.05) is 30.3 Å². The lowest BCUT2D eigenvalue weighted by molar-refractivity contribution is -0.265. The Labute approximate surface area is 241 Å². The minimum absolute atomic E-state index is 0.0215. The molecule has 2 aromatic heterocycles. The van der Waals surface area contributed by atoms with E-state index >= 15 is 0 Å². The number of benzene rings is 2. The van der Waals surface area contributed by atoms with Crippen LogP contribution in [-0.2, 0) is 15.8 Å². The van der Waals surface area contributed by atoms with Crippen molar-refractivity contribution in [1.82, 2.24) is 15.3 Å². The Bertz CT molecular complexity index is 1680. The summed E-state index contributed by atoms with van der Waals surface area (Å²) in [4.78, 5) is 34.2. The van der Waals surface area contributed by atoms with E-state index in [2.05, 4.69) is 15.3 Å². The van der Waals surface area contributed by atoms with E-state index in [1.165, 1.54) is 30.4 Å². The van der Waals surface area contributed by atoms with Gasteiger partial charge in [-0.05, 0) is 44.2 Å². The lowest BCUT2D eigenvalue weighted by Crippen LogP contribution is -2.52. The summed E-state index contributed by atoms with van der Waals surface area (Å²) >= 11 is 1.19. The lowest BCUT2D eigenvalue weighted by Gasteiger charge is -2.31. The Morgan fingerprint density at radius 1 is 1.10 bits per heavy atom. The van der Waals surface area contributed by atoms with Gasteiger partial charge in [-0.2, -0.15) is 13.2 Å². The van der Waals surface area contributed by atoms with Crippen LogP contribution in [0.5, 0.6) is 5.75 Å². The number of primary amides is 1. The maximum absolute atomic E-state index is 14.6. The quantitative estimate of drug-likeness (QED) is 0.266. The van der Waals surface area contributed by atoms with Gasteiger partial charge in [0.15, 0.2) is 0 Å². The molecule has 0 unspecified atom stereocenters. The first-order valence-corrected chi connectivity index (χ1v) is 13.4. The number of hydrogen-bond donors (Lipinski definition) is 3. The van der Waals surface area contributed by atoms with Crippen molar-refractivity contribution in [3.05, 3.63) is 88.3 Å². The Balaban J connectivity index is 1.56. The molecule has 0 bridgehead atoms. The van der Waals surface area contributed by atoms with E-state index in [0.29, 0.717) is 9.88 Å². The van der Waals surface area contributed by atoms with Crippen molar-refractivity contribution < 1.29 is 37.0 Å². The number of nitrogens with zero attached hydrogens (tertiary/aromatic N) is 2. The number of rotatable bonds is 7. The second-order valence-electron chi connectivity index (χ2n) is 10.1. The van der Waals surface area contributed by atoms with E-state index in [9.17, 15) is 32.3 Å². The van der Waals surface area contributed by atoms with Crippen molar-refractivity contribution in [2.45, 2.75) is 31.0 Å². The van der Waals surface area contributed by atoms with Gasteiger partial charge in [0.1, 0.15) is 40.0 Å². The van der Waals surface area contributed by atoms with Crippen molar-refractivity contribution >= 4 is 23.2 Å². The minimum atomic E-state index is -5.34. The Morgan fingerprint density at radius 3 is 2.38 bits per heavy atom. The first kappa shape index (κ1) is 29.1. The number of nitrogens with one attached hydrogen (secondary N) is 1. The summed E-state index contributed by atoms with van der Waals surface area (Å²) in [6.45, 7) is 1.39. The molecule has 4 aromatic rings. The highest BCUT2D eigenvalue weighted by atomic mass is 32.1. The van der Waals surface area contributed by atoms with Crippen molar-refractivity contribution in [3.63, 3.8) is 0 Å². The molecule has 8 nitrogen and oxygen atoms in total. The molecule has 0 saturated carbocycles. The van der Waals surface area contributed by atoms with E-state index in [1.807, 2.05) is 6.07 Å². The number of aromatic nitrogens is 2. The van der Waals surface area contributed by atoms with Gasteiger partial charge in [-0.3, -0.25) is 9.59 Å². The zero-order chi connectivity index (χ0) is 30.4. The summed E-state index contributed by atoms with van der Waals surface area (Å²) in [7, 11) is 0. The molecule has 0 saturated heterocycles. The molecule has 0 radical (unpaired) electrons. The Kier molecular flexibility index (Phi) is 7.27. The van der Waals surface area contributed by atoms with Gasteiger partial charge in [0.25, 0.3) is 5.91 Å². The van der Waals surface area contributed by atoms with Crippen LogP contribution in [0.4, 0.5) is 17.6 Å². The summed E-state index contributed by atoms with van der Waals surface area (Å²) in [6.07, 6.45) is -5.34. The SMILES string of the molecule is Cc1sc(-c2ccccc2)nc1C(=O)NC[C@](O)(c1cc2c(c(-c3ccc(F)cc3)n1)OC[C@]2(C)C(N)=O)C(F)(F)F. The Morgan fingerprint density at radius 2 is 1.76 bits per heavy atom. The number of ether oxygens (including phenoxy) is 1. The third-order valence-corrected chi connectivity index (χ3v) is 8.18. The van der Waals surface area contributed by atoms with Crippen molar-refractivity contribution in [3.8, 4) is 27.6 Å². The van der Waals surface area contributed by atoms with Crippen LogP contribution in [0.15, 0.2) is 60.7 Å². The topological polar surface area (TPSA) is 127 Å². The van der Waals surface area contributed by atoms with Crippen LogP contribution in [0.3, 0.4) is 0 Å². The van der Waals surface area contributed by atoms with Crippen LogP contribution in [0, 0.1) is 12.7 Å². The van der Waals surface area contributed by atoms with Crippen LogP contribution >= 0.6 is 11.3 Å². The third kappa shape index (κ3) is 4.98. The van der Waals surface area contributed by atoms with Crippen LogP contribution in [0.1, 0.15) is 33.5 Å². The number of hydrogen-bond acceptors (Lipinski definition) is 7. The zero-order valence-corrected chi connectivity index (χ0v) is 23.1. The molecule has 0 aliphatic carbocycles. The summed E-state index contributed by atoms with van der Waals surface area (Å²) in [5, 5.41) is 13.8. The molecule has 3 heterocycles. The molecular formula is C29H24F4N4O4S. The standard InChI is InChI=1S/C29H24F4N4O4S/c1-15-21(37-25(42-15)17-6-4-3-5-7-17)24(38)35-13-28(40,29(31,32)33)20-12-19-23(41-14-27(19,2)26(34)39)22(36-20)16-8-10-18(30)11-9-16/h3-12,40H,13-14H2,1-2H3,(H2,34,39)(H,35,38)/t27-,28-/m0/s1. The Hall–Kier alpha value is -4.36. The molecule has 1 aliphatic heterocycles. The van der Waals surface area contributed by atoms with E-state index < -0.39 is 47.1 Å². The number of alkyl halides is 3. The van der Waals surface area contributed by atoms with Crippen LogP contribution < -0.4 is 15.8 Å². The molecule has 0 fully saturated rings. The van der Waals surface area contributed by atoms with E-state index in [1.54, 1.807) is 31.2 Å². The number of fused-ring (bicyclic) bond motifs is 1. The smallest absolute Gasteiger partial charge is 0.424 e. The number of thiazole rings is 1. The van der Waals surface area contributed by atoms with E-state index in [0.717, 1.165) is 23.8 Å². The van der Waals surface area contributed by atoms with Gasteiger partial charge in [0, 0.05) is 21.6 Å². The number of halogens is 4. The fourth-order valence-corrected chi connectivity index (χ4v) is 5.46. The summed E-state index contributed by atoms with van der Waals surface area (Å²) in [5.74, 6) is -2.43. The molecule has 42 heavy (non-hydrogen) atoms. The van der Waals surface area contributed by atoms with E-state index in [4.69, 9.17) is 10.5 Å². The molecule has 2 amide bonds. The number of amides is 2. The van der Waals surface area contributed by atoms with Gasteiger partial charge in [0.05, 0.1) is 12.2 Å². The first-order chi connectivity index (χ1) is 19.7. The number of nitrogens with two attached hydrogens (primary N) is 1. The average Bonchev–Trinajstić information content (AvgIpc) is 3.52.